The molecule has 2 amide bonds. The molecule has 11 nitrogen and oxygen atoms in total. The van der Waals surface area contributed by atoms with Crippen LogP contribution >= 0.6 is 22.9 Å². The zero-order chi connectivity index (χ0) is 31.1. The third-order valence-corrected chi connectivity index (χ3v) is 9.44. The van der Waals surface area contributed by atoms with Gasteiger partial charge in [0.2, 0.25) is 17.8 Å². The highest BCUT2D eigenvalue weighted by Gasteiger charge is 2.32. The van der Waals surface area contributed by atoms with E-state index in [1.54, 1.807) is 17.5 Å². The van der Waals surface area contributed by atoms with E-state index in [4.69, 9.17) is 16.6 Å². The number of hydrogen-bond donors (Lipinski definition) is 3. The van der Waals surface area contributed by atoms with Gasteiger partial charge in [-0.25, -0.2) is 9.97 Å². The average Bonchev–Trinajstić information content (AvgIpc) is 3.68. The highest BCUT2D eigenvalue weighted by molar-refractivity contribution is 7.07. The number of amides is 2. The number of carbonyl (C=O) groups excluding carboxylic acids is 2. The Bertz CT molecular complexity index is 1890. The SMILES string of the molecule is C[C@@H]1CN(c2ncc(Cl)c(Nc3cccc(-c4cscn4)c3)n2)CC[C@H]1Nc1ccc2c(C3CCC(=O)NC3=O)nn(C)c2c1. The lowest BCUT2D eigenvalue weighted by molar-refractivity contribution is -0.134. The molecule has 13 heteroatoms. The second-order valence-electron chi connectivity index (χ2n) is 11.7. The van der Waals surface area contributed by atoms with Gasteiger partial charge in [0.15, 0.2) is 5.82 Å². The molecule has 3 N–H and O–H groups in total. The van der Waals surface area contributed by atoms with Crippen molar-refractivity contribution in [1.29, 1.82) is 0 Å². The molecule has 0 bridgehead atoms. The van der Waals surface area contributed by atoms with Gasteiger partial charge < -0.3 is 15.5 Å². The molecule has 7 rings (SSSR count). The Kier molecular flexibility index (Phi) is 7.84. The summed E-state index contributed by atoms with van der Waals surface area (Å²) in [5, 5.41) is 17.6. The Morgan fingerprint density at radius 3 is 2.78 bits per heavy atom. The number of rotatable bonds is 7. The lowest BCUT2D eigenvalue weighted by Crippen LogP contribution is -2.46. The number of hydrogen-bond acceptors (Lipinski definition) is 10. The van der Waals surface area contributed by atoms with Crippen molar-refractivity contribution in [3.63, 3.8) is 0 Å². The molecule has 2 fully saturated rings. The summed E-state index contributed by atoms with van der Waals surface area (Å²) in [6.45, 7) is 3.80. The summed E-state index contributed by atoms with van der Waals surface area (Å²) in [5.41, 5.74) is 7.31. The Morgan fingerprint density at radius 2 is 1.98 bits per heavy atom. The minimum atomic E-state index is -0.422. The summed E-state index contributed by atoms with van der Waals surface area (Å²) >= 11 is 8.08. The first-order valence-electron chi connectivity index (χ1n) is 14.9. The van der Waals surface area contributed by atoms with Crippen molar-refractivity contribution in [2.45, 2.75) is 38.1 Å². The van der Waals surface area contributed by atoms with Crippen LogP contribution < -0.4 is 20.9 Å². The number of aryl methyl sites for hydroxylation is 1. The van der Waals surface area contributed by atoms with Crippen molar-refractivity contribution in [2.24, 2.45) is 13.0 Å². The number of nitrogens with one attached hydrogen (secondary N) is 3. The third kappa shape index (κ3) is 5.95. The molecule has 230 valence electrons. The second-order valence-corrected chi connectivity index (χ2v) is 12.8. The van der Waals surface area contributed by atoms with E-state index in [2.05, 4.69) is 48.9 Å². The van der Waals surface area contributed by atoms with Crippen molar-refractivity contribution in [2.75, 3.05) is 28.6 Å². The molecule has 0 spiro atoms. The zero-order valence-electron chi connectivity index (χ0n) is 24.8. The molecular weight excluding hydrogens is 610 g/mol. The summed E-state index contributed by atoms with van der Waals surface area (Å²) in [4.78, 5) is 40.1. The lowest BCUT2D eigenvalue weighted by Gasteiger charge is -2.37. The smallest absolute Gasteiger partial charge is 0.235 e. The maximum absolute atomic E-state index is 12.5. The van der Waals surface area contributed by atoms with E-state index in [-0.39, 0.29) is 17.9 Å². The normalized spacial score (nSPS) is 20.3. The molecule has 3 aromatic heterocycles. The number of imide groups is 1. The van der Waals surface area contributed by atoms with Gasteiger partial charge in [0.25, 0.3) is 0 Å². The molecule has 5 heterocycles. The number of nitrogens with zero attached hydrogens (tertiary/aromatic N) is 6. The summed E-state index contributed by atoms with van der Waals surface area (Å²) in [6, 6.07) is 14.4. The molecular formula is C32H32ClN9O2S. The Morgan fingerprint density at radius 1 is 1.09 bits per heavy atom. The minimum Gasteiger partial charge on any atom is -0.382 e. The van der Waals surface area contributed by atoms with Gasteiger partial charge >= 0.3 is 0 Å². The first-order valence-corrected chi connectivity index (χ1v) is 16.2. The van der Waals surface area contributed by atoms with Gasteiger partial charge in [-0.1, -0.05) is 30.7 Å². The van der Waals surface area contributed by atoms with Crippen LogP contribution in [0.5, 0.6) is 0 Å². The predicted octanol–water partition coefficient (Wildman–Crippen LogP) is 5.73. The van der Waals surface area contributed by atoms with Crippen molar-refractivity contribution < 1.29 is 9.59 Å². The van der Waals surface area contributed by atoms with Crippen LogP contribution in [-0.2, 0) is 16.6 Å². The highest BCUT2D eigenvalue weighted by atomic mass is 35.5. The van der Waals surface area contributed by atoms with Crippen molar-refractivity contribution >= 4 is 68.8 Å². The lowest BCUT2D eigenvalue weighted by atomic mass is 9.92. The Labute approximate surface area is 269 Å². The van der Waals surface area contributed by atoms with Crippen LogP contribution in [0.2, 0.25) is 5.02 Å². The number of benzene rings is 2. The van der Waals surface area contributed by atoms with Gasteiger partial charge in [-0.3, -0.25) is 19.6 Å². The topological polar surface area (TPSA) is 130 Å². The predicted molar refractivity (Wildman–Crippen MR) is 177 cm³/mol. The number of anilines is 4. The van der Waals surface area contributed by atoms with E-state index in [1.807, 2.05) is 59.0 Å². The van der Waals surface area contributed by atoms with Crippen LogP contribution in [0.4, 0.5) is 23.1 Å². The zero-order valence-corrected chi connectivity index (χ0v) is 26.4. The van der Waals surface area contributed by atoms with Gasteiger partial charge in [0, 0.05) is 60.3 Å². The van der Waals surface area contributed by atoms with Crippen LogP contribution in [-0.4, -0.2) is 55.7 Å². The molecule has 3 atom stereocenters. The maximum Gasteiger partial charge on any atom is 0.235 e. The quantitative estimate of drug-likeness (QED) is 0.191. The van der Waals surface area contributed by atoms with Gasteiger partial charge in [0.05, 0.1) is 34.5 Å². The molecule has 2 aliphatic heterocycles. The molecule has 0 radical (unpaired) electrons. The highest BCUT2D eigenvalue weighted by Crippen LogP contribution is 2.33. The summed E-state index contributed by atoms with van der Waals surface area (Å²) in [6.07, 6.45) is 3.35. The van der Waals surface area contributed by atoms with Crippen LogP contribution in [0.1, 0.15) is 37.8 Å². The summed E-state index contributed by atoms with van der Waals surface area (Å²) in [7, 11) is 1.88. The third-order valence-electron chi connectivity index (χ3n) is 8.57. The molecule has 2 aromatic carbocycles. The largest absolute Gasteiger partial charge is 0.382 e. The maximum atomic E-state index is 12.5. The second kappa shape index (κ2) is 12.1. The standard InChI is InChI=1S/C32H32ClN9O2S/c1-18-15-42(32-34-14-24(33)30(39-32)37-20-5-3-4-19(12-20)26-16-45-17-35-26)11-10-25(18)36-21-6-7-22-27(13-21)41(2)40-29(22)23-8-9-28(43)38-31(23)44/h3-7,12-14,16-18,23,25,36H,8-11,15H2,1-2H3,(H,34,37,39)(H,38,43,44)/t18-,23?,25-/m1/s1. The number of fused-ring (bicyclic) bond motifs is 1. The average molecular weight is 642 g/mol. The fraction of sp³-hybridized carbons (Fsp3) is 0.312. The van der Waals surface area contributed by atoms with Crippen LogP contribution in [0.15, 0.2) is 59.6 Å². The van der Waals surface area contributed by atoms with E-state index in [1.165, 1.54) is 0 Å². The molecule has 0 saturated carbocycles. The van der Waals surface area contributed by atoms with Crippen molar-refractivity contribution in [3.05, 3.63) is 70.3 Å². The molecule has 2 aliphatic rings. The van der Waals surface area contributed by atoms with Gasteiger partial charge in [-0.15, -0.1) is 11.3 Å². The Hall–Kier alpha value is -4.55. The van der Waals surface area contributed by atoms with Gasteiger partial charge in [0.1, 0.15) is 5.02 Å². The van der Waals surface area contributed by atoms with Crippen molar-refractivity contribution in [3.8, 4) is 11.3 Å². The molecule has 1 unspecified atom stereocenters. The summed E-state index contributed by atoms with van der Waals surface area (Å²) < 4.78 is 1.81. The number of piperidine rings is 2. The van der Waals surface area contributed by atoms with Crippen LogP contribution in [0, 0.1) is 5.92 Å². The number of halogens is 1. The molecule has 5 aromatic rings. The number of thiazole rings is 1. The van der Waals surface area contributed by atoms with Crippen LogP contribution in [0.3, 0.4) is 0 Å². The monoisotopic (exact) mass is 641 g/mol. The fourth-order valence-electron chi connectivity index (χ4n) is 6.19. The van der Waals surface area contributed by atoms with E-state index >= 15 is 0 Å². The van der Waals surface area contributed by atoms with Gasteiger partial charge in [-0.2, -0.15) is 10.1 Å². The van der Waals surface area contributed by atoms with E-state index < -0.39 is 5.92 Å². The Balaban J connectivity index is 1.03. The fourth-order valence-corrected chi connectivity index (χ4v) is 6.89. The van der Waals surface area contributed by atoms with Gasteiger partial charge in [-0.05, 0) is 49.1 Å². The molecule has 2 saturated heterocycles. The van der Waals surface area contributed by atoms with Crippen molar-refractivity contribution in [1.82, 2.24) is 30.0 Å². The summed E-state index contributed by atoms with van der Waals surface area (Å²) in [5.74, 6) is 0.588. The first-order chi connectivity index (χ1) is 21.8. The minimum absolute atomic E-state index is 0.225. The van der Waals surface area contributed by atoms with E-state index in [9.17, 15) is 9.59 Å². The number of aromatic nitrogens is 5. The first kappa shape index (κ1) is 29.2. The molecule has 45 heavy (non-hydrogen) atoms. The molecule has 0 aliphatic carbocycles. The number of carbonyl (C=O) groups is 2. The van der Waals surface area contributed by atoms with E-state index in [0.29, 0.717) is 35.5 Å². The van der Waals surface area contributed by atoms with E-state index in [0.717, 1.165) is 58.7 Å². The van der Waals surface area contributed by atoms with Crippen LogP contribution in [0.25, 0.3) is 22.2 Å².